The summed E-state index contributed by atoms with van der Waals surface area (Å²) in [7, 11) is 1.26. The van der Waals surface area contributed by atoms with E-state index in [1.165, 1.54) is 7.11 Å². The minimum atomic E-state index is -0.875. The van der Waals surface area contributed by atoms with Gasteiger partial charge >= 0.3 is 5.63 Å². The number of fused-ring (bicyclic) bond motifs is 1. The predicted octanol–water partition coefficient (Wildman–Crippen LogP) is 0.629. The molecule has 1 aromatic carbocycles. The largest absolute Gasteiger partial charge is 0.504 e. The van der Waals surface area contributed by atoms with Crippen molar-refractivity contribution in [3.8, 4) is 17.2 Å². The van der Waals surface area contributed by atoms with Gasteiger partial charge in [0.1, 0.15) is 0 Å². The van der Waals surface area contributed by atoms with Crippen LogP contribution in [0.15, 0.2) is 27.4 Å². The first kappa shape index (κ1) is 15.1. The molecule has 0 saturated carbocycles. The highest BCUT2D eigenvalue weighted by Gasteiger charge is 2.17. The lowest BCUT2D eigenvalue weighted by Crippen LogP contribution is -2.16. The second-order valence-corrected chi connectivity index (χ2v) is 4.38. The van der Waals surface area contributed by atoms with E-state index in [1.54, 1.807) is 18.2 Å². The number of rotatable bonds is 6. The molecule has 0 aliphatic heterocycles. The van der Waals surface area contributed by atoms with Gasteiger partial charge in [0.2, 0.25) is 5.75 Å². The van der Waals surface area contributed by atoms with E-state index in [0.29, 0.717) is 0 Å². The van der Waals surface area contributed by atoms with Crippen LogP contribution in [-0.2, 0) is 0 Å². The maximum absolute atomic E-state index is 11.7. The van der Waals surface area contributed by atoms with Crippen molar-refractivity contribution < 1.29 is 29.2 Å². The van der Waals surface area contributed by atoms with Crippen LogP contribution in [0.3, 0.4) is 0 Å². The van der Waals surface area contributed by atoms with Crippen molar-refractivity contribution in [1.82, 2.24) is 0 Å². The Kier molecular flexibility index (Phi) is 4.66. The molecule has 2 aromatic rings. The van der Waals surface area contributed by atoms with Crippen LogP contribution in [0.4, 0.5) is 0 Å². The van der Waals surface area contributed by atoms with Gasteiger partial charge in [0.05, 0.1) is 31.8 Å². The molecule has 1 aromatic heterocycles. The van der Waals surface area contributed by atoms with E-state index in [4.69, 9.17) is 19.0 Å². The highest BCUT2D eigenvalue weighted by molar-refractivity contribution is 5.89. The molecule has 0 saturated heterocycles. The first-order valence-corrected chi connectivity index (χ1v) is 6.33. The number of aromatic hydroxyl groups is 1. The lowest BCUT2D eigenvalue weighted by molar-refractivity contribution is 0.0754. The minimum Gasteiger partial charge on any atom is -0.504 e. The molecule has 1 heterocycles. The fraction of sp³-hybridized carbons (Fsp3) is 0.357. The van der Waals surface area contributed by atoms with Crippen molar-refractivity contribution in [1.29, 1.82) is 0 Å². The van der Waals surface area contributed by atoms with Crippen LogP contribution >= 0.6 is 0 Å². The molecule has 0 aliphatic carbocycles. The summed E-state index contributed by atoms with van der Waals surface area (Å²) < 4.78 is 15.3. The SMILES string of the molecule is COc1c(O)c2cccc(OCCC(O)CO)c2oc1=O. The first-order chi connectivity index (χ1) is 10.1. The topological polar surface area (TPSA) is 109 Å². The Hall–Kier alpha value is -2.25. The Bertz CT molecular complexity index is 677. The normalized spacial score (nSPS) is 12.3. The van der Waals surface area contributed by atoms with Crippen LogP contribution in [-0.4, -0.2) is 41.7 Å². The van der Waals surface area contributed by atoms with Gasteiger partial charge in [0, 0.05) is 6.42 Å². The Morgan fingerprint density at radius 1 is 1.38 bits per heavy atom. The number of ether oxygens (including phenoxy) is 2. The van der Waals surface area contributed by atoms with Gasteiger partial charge in [-0.2, -0.15) is 0 Å². The zero-order valence-electron chi connectivity index (χ0n) is 11.4. The van der Waals surface area contributed by atoms with Crippen LogP contribution in [0, 0.1) is 0 Å². The second kappa shape index (κ2) is 6.47. The summed E-state index contributed by atoms with van der Waals surface area (Å²) in [5, 5.41) is 28.2. The smallest absolute Gasteiger partial charge is 0.383 e. The zero-order valence-corrected chi connectivity index (χ0v) is 11.4. The predicted molar refractivity (Wildman–Crippen MR) is 73.9 cm³/mol. The van der Waals surface area contributed by atoms with Gasteiger partial charge in [-0.15, -0.1) is 0 Å². The van der Waals surface area contributed by atoms with E-state index >= 15 is 0 Å². The highest BCUT2D eigenvalue weighted by Crippen LogP contribution is 2.35. The molecule has 114 valence electrons. The Morgan fingerprint density at radius 2 is 2.14 bits per heavy atom. The number of para-hydroxylation sites is 1. The molecule has 0 aliphatic rings. The van der Waals surface area contributed by atoms with Crippen molar-refractivity contribution in [2.45, 2.75) is 12.5 Å². The monoisotopic (exact) mass is 296 g/mol. The molecular formula is C14H16O7. The van der Waals surface area contributed by atoms with Gasteiger partial charge in [-0.25, -0.2) is 4.79 Å². The van der Waals surface area contributed by atoms with Crippen molar-refractivity contribution in [2.24, 2.45) is 0 Å². The highest BCUT2D eigenvalue weighted by atomic mass is 16.5. The molecule has 0 radical (unpaired) electrons. The number of hydrogen-bond donors (Lipinski definition) is 3. The lowest BCUT2D eigenvalue weighted by atomic mass is 10.2. The van der Waals surface area contributed by atoms with Gasteiger partial charge in [-0.1, -0.05) is 6.07 Å². The van der Waals surface area contributed by atoms with Crippen LogP contribution < -0.4 is 15.1 Å². The van der Waals surface area contributed by atoms with Crippen molar-refractivity contribution in [3.63, 3.8) is 0 Å². The summed E-state index contributed by atoms with van der Waals surface area (Å²) in [4.78, 5) is 11.7. The summed E-state index contributed by atoms with van der Waals surface area (Å²) in [6, 6.07) is 4.76. The summed E-state index contributed by atoms with van der Waals surface area (Å²) in [5.74, 6) is -0.326. The average Bonchev–Trinajstić information content (AvgIpc) is 2.48. The van der Waals surface area contributed by atoms with Gasteiger partial charge in [-0.3, -0.25) is 0 Å². The molecule has 0 spiro atoms. The molecule has 0 fully saturated rings. The van der Waals surface area contributed by atoms with E-state index in [-0.39, 0.29) is 47.9 Å². The Labute approximate surface area is 120 Å². The quantitative estimate of drug-likeness (QED) is 0.671. The fourth-order valence-corrected chi connectivity index (χ4v) is 1.86. The zero-order chi connectivity index (χ0) is 15.4. The summed E-state index contributed by atoms with van der Waals surface area (Å²) >= 11 is 0. The Morgan fingerprint density at radius 3 is 2.81 bits per heavy atom. The molecule has 0 amide bonds. The van der Waals surface area contributed by atoms with Gasteiger partial charge in [0.25, 0.3) is 0 Å². The third-order valence-corrected chi connectivity index (χ3v) is 2.95. The molecular weight excluding hydrogens is 280 g/mol. The number of methoxy groups -OCH3 is 1. The standard InChI is InChI=1S/C14H16O7/c1-19-13-11(17)9-3-2-4-10(12(9)21-14(13)18)20-6-5-8(16)7-15/h2-4,8,15-17H,5-7H2,1H3. The maximum atomic E-state index is 11.7. The van der Waals surface area contributed by atoms with Crippen molar-refractivity contribution in [2.75, 3.05) is 20.3 Å². The third kappa shape index (κ3) is 3.09. The van der Waals surface area contributed by atoms with Gasteiger partial charge in [-0.05, 0) is 12.1 Å². The summed E-state index contributed by atoms with van der Waals surface area (Å²) in [6.07, 6.45) is -0.653. The Balaban J connectivity index is 2.35. The molecule has 2 rings (SSSR count). The van der Waals surface area contributed by atoms with E-state index in [1.807, 2.05) is 0 Å². The summed E-state index contributed by atoms with van der Waals surface area (Å²) in [5.41, 5.74) is -0.715. The molecule has 7 nitrogen and oxygen atoms in total. The second-order valence-electron chi connectivity index (χ2n) is 4.38. The number of aliphatic hydroxyl groups is 2. The molecule has 7 heteroatoms. The number of hydrogen-bond acceptors (Lipinski definition) is 7. The molecule has 21 heavy (non-hydrogen) atoms. The lowest BCUT2D eigenvalue weighted by Gasteiger charge is -2.11. The fourth-order valence-electron chi connectivity index (χ4n) is 1.86. The van der Waals surface area contributed by atoms with Crippen molar-refractivity contribution in [3.05, 3.63) is 28.6 Å². The van der Waals surface area contributed by atoms with Gasteiger partial charge < -0.3 is 29.2 Å². The summed E-state index contributed by atoms with van der Waals surface area (Å²) in [6.45, 7) is -0.233. The van der Waals surface area contributed by atoms with E-state index in [2.05, 4.69) is 0 Å². The molecule has 1 unspecified atom stereocenters. The van der Waals surface area contributed by atoms with Crippen LogP contribution in [0.2, 0.25) is 0 Å². The average molecular weight is 296 g/mol. The minimum absolute atomic E-state index is 0.0966. The number of benzene rings is 1. The van der Waals surface area contributed by atoms with Crippen LogP contribution in [0.5, 0.6) is 17.2 Å². The van der Waals surface area contributed by atoms with Crippen LogP contribution in [0.25, 0.3) is 11.0 Å². The van der Waals surface area contributed by atoms with E-state index in [0.717, 1.165) is 0 Å². The third-order valence-electron chi connectivity index (χ3n) is 2.95. The van der Waals surface area contributed by atoms with Crippen LogP contribution in [0.1, 0.15) is 6.42 Å². The number of aliphatic hydroxyl groups excluding tert-OH is 2. The van der Waals surface area contributed by atoms with Crippen molar-refractivity contribution >= 4 is 11.0 Å². The molecule has 1 atom stereocenters. The molecule has 0 bridgehead atoms. The van der Waals surface area contributed by atoms with E-state index < -0.39 is 11.7 Å². The van der Waals surface area contributed by atoms with Gasteiger partial charge in [0.15, 0.2) is 17.1 Å². The van der Waals surface area contributed by atoms with E-state index in [9.17, 15) is 15.0 Å². The maximum Gasteiger partial charge on any atom is 0.383 e. The molecule has 3 N–H and O–H groups in total. The first-order valence-electron chi connectivity index (χ1n) is 6.33.